The molecule has 0 unspecified atom stereocenters. The monoisotopic (exact) mass is 329 g/mol. The summed E-state index contributed by atoms with van der Waals surface area (Å²) in [7, 11) is -0.0259. The highest BCUT2D eigenvalue weighted by atomic mass is 28.3. The molecule has 3 nitrogen and oxygen atoms in total. The maximum absolute atomic E-state index is 11.9. The Morgan fingerprint density at radius 3 is 2.48 bits per heavy atom. The Hall–Kier alpha value is -1.55. The number of carbonyl (C=O) groups excluding carboxylic acids is 1. The minimum Gasteiger partial charge on any atom is -0.465 e. The summed E-state index contributed by atoms with van der Waals surface area (Å²) in [6, 6.07) is 5.94. The Kier molecular flexibility index (Phi) is 4.36. The molecular formula is C19H27NO2Si. The number of methoxy groups -OCH3 is 1. The number of rotatable bonds is 3. The molecule has 0 amide bonds. The molecule has 0 spiro atoms. The first-order chi connectivity index (χ1) is 10.9. The van der Waals surface area contributed by atoms with Crippen molar-refractivity contribution in [3.8, 4) is 0 Å². The molecule has 1 aromatic carbocycles. The van der Waals surface area contributed by atoms with Gasteiger partial charge in [0, 0.05) is 16.2 Å². The topological polar surface area (TPSA) is 42.1 Å². The predicted molar refractivity (Wildman–Crippen MR) is 98.4 cm³/mol. The largest absolute Gasteiger partial charge is 0.465 e. The Bertz CT molecular complexity index is 721. The van der Waals surface area contributed by atoms with Crippen molar-refractivity contribution in [3.63, 3.8) is 0 Å². The zero-order valence-electron chi connectivity index (χ0n) is 14.7. The van der Waals surface area contributed by atoms with Crippen LogP contribution in [-0.4, -0.2) is 26.1 Å². The van der Waals surface area contributed by atoms with Crippen LogP contribution in [0.1, 0.15) is 53.9 Å². The minimum absolute atomic E-state index is 0.253. The second-order valence-corrected chi connectivity index (χ2v) is 12.8. The lowest BCUT2D eigenvalue weighted by Gasteiger charge is -2.26. The van der Waals surface area contributed by atoms with Crippen LogP contribution in [0.15, 0.2) is 18.2 Å². The van der Waals surface area contributed by atoms with E-state index in [0.29, 0.717) is 11.5 Å². The molecule has 3 rings (SSSR count). The van der Waals surface area contributed by atoms with Crippen molar-refractivity contribution >= 4 is 30.3 Å². The average Bonchev–Trinajstić information content (AvgIpc) is 2.93. The van der Waals surface area contributed by atoms with E-state index >= 15 is 0 Å². The van der Waals surface area contributed by atoms with Gasteiger partial charge in [0.1, 0.15) is 0 Å². The van der Waals surface area contributed by atoms with E-state index in [2.05, 4.69) is 24.6 Å². The van der Waals surface area contributed by atoms with Gasteiger partial charge in [-0.05, 0) is 42.5 Å². The van der Waals surface area contributed by atoms with Crippen LogP contribution >= 0.6 is 0 Å². The highest BCUT2D eigenvalue weighted by molar-refractivity contribution is 6.88. The molecule has 1 N–H and O–H groups in total. The Balaban J connectivity index is 2.19. The second kappa shape index (κ2) is 6.15. The van der Waals surface area contributed by atoms with Crippen LogP contribution in [0.25, 0.3) is 10.9 Å². The highest BCUT2D eigenvalue weighted by Gasteiger charge is 2.29. The normalized spacial score (nSPS) is 16.7. The summed E-state index contributed by atoms with van der Waals surface area (Å²) in [5.74, 6) is 0.379. The maximum atomic E-state index is 11.9. The van der Waals surface area contributed by atoms with Gasteiger partial charge in [0.05, 0.1) is 20.7 Å². The molecule has 1 aromatic heterocycles. The number of hydrogen-bond acceptors (Lipinski definition) is 2. The molecule has 0 saturated heterocycles. The number of hydrogen-bond donors (Lipinski definition) is 1. The number of aromatic nitrogens is 1. The first-order valence-corrected chi connectivity index (χ1v) is 12.2. The molecule has 1 heterocycles. The van der Waals surface area contributed by atoms with Crippen molar-refractivity contribution in [1.82, 2.24) is 4.98 Å². The lowest BCUT2D eigenvalue weighted by molar-refractivity contribution is 0.0601. The van der Waals surface area contributed by atoms with Crippen LogP contribution in [-0.2, 0) is 4.74 Å². The summed E-state index contributed by atoms with van der Waals surface area (Å²) in [6.07, 6.45) is 6.53. The number of H-pyrrole nitrogens is 1. The van der Waals surface area contributed by atoms with Crippen molar-refractivity contribution in [1.29, 1.82) is 0 Å². The Morgan fingerprint density at radius 2 is 1.87 bits per heavy atom. The van der Waals surface area contributed by atoms with Gasteiger partial charge in [0.25, 0.3) is 0 Å². The van der Waals surface area contributed by atoms with Gasteiger partial charge in [-0.1, -0.05) is 38.9 Å². The van der Waals surface area contributed by atoms with Crippen LogP contribution < -0.4 is 5.32 Å². The number of ether oxygens (including phenoxy) is 1. The maximum Gasteiger partial charge on any atom is 0.337 e. The lowest BCUT2D eigenvalue weighted by Crippen LogP contribution is -2.41. The standard InChI is InChI=1S/C19H27NO2Si/c1-22-19(21)14-10-11-16-15(12-14)17(13-8-6-5-7-9-13)18(20-16)23(2,3)4/h10-13,20H,5-9H2,1-4H3. The van der Waals surface area contributed by atoms with E-state index in [1.807, 2.05) is 18.2 Å². The van der Waals surface area contributed by atoms with Gasteiger partial charge < -0.3 is 9.72 Å². The molecule has 4 heteroatoms. The van der Waals surface area contributed by atoms with Crippen molar-refractivity contribution in [2.24, 2.45) is 0 Å². The zero-order chi connectivity index (χ0) is 16.6. The van der Waals surface area contributed by atoms with Gasteiger partial charge in [0.15, 0.2) is 0 Å². The van der Waals surface area contributed by atoms with Crippen molar-refractivity contribution in [2.45, 2.75) is 57.7 Å². The summed E-state index contributed by atoms with van der Waals surface area (Å²) < 4.78 is 4.90. The second-order valence-electron chi connectivity index (χ2n) is 7.75. The third kappa shape index (κ3) is 3.09. The summed E-state index contributed by atoms with van der Waals surface area (Å²) in [5.41, 5.74) is 3.30. The fourth-order valence-corrected chi connectivity index (χ4v) is 5.52. The number of esters is 1. The number of aromatic amines is 1. The van der Waals surface area contributed by atoms with Gasteiger partial charge in [-0.15, -0.1) is 0 Å². The third-order valence-electron chi connectivity index (χ3n) is 5.02. The van der Waals surface area contributed by atoms with E-state index in [0.717, 1.165) is 5.52 Å². The number of benzene rings is 1. The molecule has 0 atom stereocenters. The summed E-state index contributed by atoms with van der Waals surface area (Å²) >= 11 is 0. The van der Waals surface area contributed by atoms with Crippen molar-refractivity contribution in [2.75, 3.05) is 7.11 Å². The van der Waals surface area contributed by atoms with Crippen molar-refractivity contribution < 1.29 is 9.53 Å². The molecule has 1 aliphatic rings. The van der Waals surface area contributed by atoms with E-state index in [9.17, 15) is 4.79 Å². The number of nitrogens with one attached hydrogen (secondary N) is 1. The quantitative estimate of drug-likeness (QED) is 0.663. The first kappa shape index (κ1) is 16.3. The van der Waals surface area contributed by atoms with Gasteiger partial charge in [-0.3, -0.25) is 0 Å². The number of fused-ring (bicyclic) bond motifs is 1. The van der Waals surface area contributed by atoms with E-state index < -0.39 is 8.07 Å². The van der Waals surface area contributed by atoms with Crippen LogP contribution in [0.3, 0.4) is 0 Å². The zero-order valence-corrected chi connectivity index (χ0v) is 15.7. The molecule has 2 aromatic rings. The molecule has 1 fully saturated rings. The summed E-state index contributed by atoms with van der Waals surface area (Å²) in [5, 5.41) is 2.69. The van der Waals surface area contributed by atoms with Gasteiger partial charge in [0.2, 0.25) is 0 Å². The van der Waals surface area contributed by atoms with Crippen LogP contribution in [0.5, 0.6) is 0 Å². The Labute approximate surface area is 139 Å². The molecule has 124 valence electrons. The first-order valence-electron chi connectivity index (χ1n) is 8.66. The van der Waals surface area contributed by atoms with Crippen molar-refractivity contribution in [3.05, 3.63) is 29.3 Å². The van der Waals surface area contributed by atoms with Crippen LogP contribution in [0, 0.1) is 0 Å². The molecule has 0 radical (unpaired) electrons. The molecular weight excluding hydrogens is 302 g/mol. The Morgan fingerprint density at radius 1 is 1.17 bits per heavy atom. The molecule has 0 bridgehead atoms. The fraction of sp³-hybridized carbons (Fsp3) is 0.526. The molecule has 0 aliphatic heterocycles. The number of carbonyl (C=O) groups is 1. The third-order valence-corrected chi connectivity index (χ3v) is 6.92. The van der Waals surface area contributed by atoms with Gasteiger partial charge >= 0.3 is 5.97 Å². The minimum atomic E-state index is -1.47. The molecule has 23 heavy (non-hydrogen) atoms. The fourth-order valence-electron chi connectivity index (χ4n) is 3.86. The van der Waals surface area contributed by atoms with Gasteiger partial charge in [-0.25, -0.2) is 4.79 Å². The highest BCUT2D eigenvalue weighted by Crippen LogP contribution is 2.37. The van der Waals surface area contributed by atoms with E-state index in [1.54, 1.807) is 0 Å². The van der Waals surface area contributed by atoms with E-state index in [-0.39, 0.29) is 5.97 Å². The lowest BCUT2D eigenvalue weighted by atomic mass is 9.84. The average molecular weight is 330 g/mol. The van der Waals surface area contributed by atoms with E-state index in [4.69, 9.17) is 4.74 Å². The SMILES string of the molecule is COC(=O)c1ccc2[nH]c([Si](C)(C)C)c(C3CCCCC3)c2c1. The van der Waals surface area contributed by atoms with Crippen LogP contribution in [0.2, 0.25) is 19.6 Å². The van der Waals surface area contributed by atoms with Crippen LogP contribution in [0.4, 0.5) is 0 Å². The summed E-state index contributed by atoms with van der Waals surface area (Å²) in [4.78, 5) is 15.6. The van der Waals surface area contributed by atoms with Gasteiger partial charge in [-0.2, -0.15) is 0 Å². The predicted octanol–water partition coefficient (Wildman–Crippen LogP) is 4.55. The molecule has 1 saturated carbocycles. The van der Waals surface area contributed by atoms with E-state index in [1.165, 1.54) is 55.5 Å². The smallest absolute Gasteiger partial charge is 0.337 e. The summed E-state index contributed by atoms with van der Waals surface area (Å²) in [6.45, 7) is 7.18. The molecule has 1 aliphatic carbocycles.